The van der Waals surface area contributed by atoms with Crippen LogP contribution >= 0.6 is 0 Å². The van der Waals surface area contributed by atoms with Crippen molar-refractivity contribution in [2.75, 3.05) is 12.9 Å². The minimum absolute atomic E-state index is 0.117. The lowest BCUT2D eigenvalue weighted by Gasteiger charge is -2.16. The van der Waals surface area contributed by atoms with Crippen molar-refractivity contribution < 1.29 is 17.3 Å². The fourth-order valence-corrected chi connectivity index (χ4v) is 4.88. The van der Waals surface area contributed by atoms with E-state index >= 15 is 0 Å². The molecule has 0 aliphatic heterocycles. The van der Waals surface area contributed by atoms with Gasteiger partial charge in [0.2, 0.25) is 0 Å². The number of hydrogen-bond donors (Lipinski definition) is 0. The summed E-state index contributed by atoms with van der Waals surface area (Å²) in [5.74, 6) is 0. The highest BCUT2D eigenvalue weighted by Gasteiger charge is 2.16. The Morgan fingerprint density at radius 1 is 1.06 bits per heavy atom. The molecule has 0 spiro atoms. The highest BCUT2D eigenvalue weighted by molar-refractivity contribution is 7.85. The molecule has 0 amide bonds. The summed E-state index contributed by atoms with van der Waals surface area (Å²) in [5.41, 5.74) is 4.67. The summed E-state index contributed by atoms with van der Waals surface area (Å²) in [6.07, 6.45) is 4.61. The van der Waals surface area contributed by atoms with Crippen molar-refractivity contribution in [1.82, 2.24) is 14.5 Å². The molecule has 4 aromatic rings. The summed E-state index contributed by atoms with van der Waals surface area (Å²) in [6, 6.07) is 14.6. The largest absolute Gasteiger partial charge is 0.376 e. The Balaban J connectivity index is 1.68. The lowest BCUT2D eigenvalue weighted by Crippen LogP contribution is -2.22. The number of nitriles is 1. The lowest BCUT2D eigenvalue weighted by molar-refractivity contribution is 0.0925. The topological polar surface area (TPSA) is 111 Å². The molecule has 1 N–H and O–H groups in total. The fraction of sp³-hybridized carbons (Fsp3) is 0.320. The minimum atomic E-state index is -3.37. The van der Waals surface area contributed by atoms with E-state index in [1.165, 1.54) is 0 Å². The van der Waals surface area contributed by atoms with Crippen LogP contribution in [0.15, 0.2) is 48.8 Å². The number of nitrogens with zero attached hydrogens (tertiary/aromatic N) is 4. The Morgan fingerprint density at radius 2 is 1.80 bits per heavy atom. The zero-order valence-corrected chi connectivity index (χ0v) is 22.1. The molecule has 0 unspecified atom stereocenters. The van der Waals surface area contributed by atoms with Gasteiger partial charge in [0.1, 0.15) is 30.4 Å². The number of aromatic nitrogens is 3. The highest BCUT2D eigenvalue weighted by Crippen LogP contribution is 2.31. The van der Waals surface area contributed by atoms with Crippen molar-refractivity contribution >= 4 is 40.1 Å². The molecule has 1 aromatic carbocycles. The van der Waals surface area contributed by atoms with Gasteiger partial charge in [0.15, 0.2) is 6.61 Å². The summed E-state index contributed by atoms with van der Waals surface area (Å²) in [5, 5.41) is 11.2. The first kappa shape index (κ1) is 25.0. The lowest BCUT2D eigenvalue weighted by atomic mass is 10.0. The van der Waals surface area contributed by atoms with Gasteiger partial charge in [0, 0.05) is 42.8 Å². The van der Waals surface area contributed by atoms with Gasteiger partial charge in [-0.2, -0.15) is 13.7 Å². The maximum atomic E-state index is 11.3. The summed E-state index contributed by atoms with van der Waals surface area (Å²) >= 11 is 0. The van der Waals surface area contributed by atoms with E-state index in [4.69, 9.17) is 9.72 Å². The quantitative estimate of drug-likeness (QED) is 0.109. The standard InChI is InChI=1S/C25H28N4O4SSi/c1-34(30,31)33-16-18-5-7-19(8-6-18)20-11-23-22-12-21(13-26)27-15-24(22)29(25(23)28-14-20)17-32-9-10-35(2,3)4/h5-8,11-12,14-15H,9-10,16-17H2,1-4H3/p+1. The van der Waals surface area contributed by atoms with Crippen LogP contribution in [0, 0.1) is 11.3 Å². The van der Waals surface area contributed by atoms with Gasteiger partial charge < -0.3 is 8.92 Å². The Hall–Kier alpha value is -3.10. The second-order valence-corrected chi connectivity index (χ2v) is 17.1. The van der Waals surface area contributed by atoms with Crippen LogP contribution in [0.5, 0.6) is 0 Å². The van der Waals surface area contributed by atoms with Crippen molar-refractivity contribution in [3.8, 4) is 17.2 Å². The molecule has 0 aliphatic carbocycles. The predicted molar refractivity (Wildman–Crippen MR) is 140 cm³/mol. The van der Waals surface area contributed by atoms with E-state index in [-0.39, 0.29) is 6.61 Å². The number of hydrogen-bond acceptors (Lipinski definition) is 6. The van der Waals surface area contributed by atoms with Gasteiger partial charge in [-0.05, 0) is 23.7 Å². The zero-order chi connectivity index (χ0) is 25.2. The maximum Gasteiger partial charge on any atom is 0.376 e. The summed E-state index contributed by atoms with van der Waals surface area (Å²) in [4.78, 5) is 9.02. The number of benzene rings is 1. The van der Waals surface area contributed by atoms with Gasteiger partial charge in [-0.25, -0.2) is 9.97 Å². The third-order valence-corrected chi connectivity index (χ3v) is 7.99. The summed E-state index contributed by atoms with van der Waals surface area (Å²) in [6.45, 7) is 8.13. The number of rotatable bonds is 9. The van der Waals surface area contributed by atoms with Crippen LogP contribution in [-0.4, -0.2) is 48.1 Å². The van der Waals surface area contributed by atoms with E-state index in [1.807, 2.05) is 35.0 Å². The van der Waals surface area contributed by atoms with E-state index in [9.17, 15) is 13.7 Å². The third-order valence-electron chi connectivity index (χ3n) is 5.69. The van der Waals surface area contributed by atoms with Crippen LogP contribution in [0.1, 0.15) is 11.3 Å². The number of ether oxygens (including phenoxy) is 1. The van der Waals surface area contributed by atoms with Gasteiger partial charge in [-0.3, -0.25) is 4.57 Å². The van der Waals surface area contributed by atoms with Crippen molar-refractivity contribution in [2.45, 2.75) is 39.0 Å². The van der Waals surface area contributed by atoms with Gasteiger partial charge in [0.25, 0.3) is 0 Å². The Kier molecular flexibility index (Phi) is 7.05. The molecular formula is C25H29N4O4SSi+. The molecular weight excluding hydrogens is 480 g/mol. The monoisotopic (exact) mass is 509 g/mol. The summed E-state index contributed by atoms with van der Waals surface area (Å²) < 4.78 is 34.3. The van der Waals surface area contributed by atoms with Crippen molar-refractivity contribution in [2.24, 2.45) is 0 Å². The average Bonchev–Trinajstić information content (AvgIpc) is 3.12. The first-order valence-electron chi connectivity index (χ1n) is 11.3. The molecule has 0 fully saturated rings. The summed E-state index contributed by atoms with van der Waals surface area (Å²) in [7, 11) is -4.57. The third kappa shape index (κ3) is 6.13. The molecule has 0 saturated carbocycles. The van der Waals surface area contributed by atoms with Crippen LogP contribution in [0.3, 0.4) is 0 Å². The predicted octanol–water partition coefficient (Wildman–Crippen LogP) is 4.42. The van der Waals surface area contributed by atoms with Crippen LogP contribution in [0.25, 0.3) is 33.1 Å². The van der Waals surface area contributed by atoms with E-state index in [0.717, 1.165) is 50.9 Å². The van der Waals surface area contributed by atoms with Gasteiger partial charge in [-0.15, -0.1) is 0 Å². The Morgan fingerprint density at radius 3 is 2.46 bits per heavy atom. The maximum absolute atomic E-state index is 11.3. The Bertz CT molecular complexity index is 1520. The molecule has 182 valence electrons. The molecule has 10 heteroatoms. The zero-order valence-electron chi connectivity index (χ0n) is 20.3. The SMILES string of the molecule is C[Si](C)(C)CCOCn1c2cnc(C#N)cc2c2cc(-c3ccc(C[OH+]S(C)(=O)=O)cc3)cnc21. The molecule has 3 heterocycles. The van der Waals surface area contributed by atoms with Crippen molar-refractivity contribution in [3.63, 3.8) is 0 Å². The molecule has 8 nitrogen and oxygen atoms in total. The molecule has 0 aliphatic rings. The molecule has 0 atom stereocenters. The number of pyridine rings is 2. The van der Waals surface area contributed by atoms with Crippen LogP contribution in [0.2, 0.25) is 25.7 Å². The molecule has 0 saturated heterocycles. The van der Waals surface area contributed by atoms with Crippen molar-refractivity contribution in [3.05, 3.63) is 60.0 Å². The second-order valence-electron chi connectivity index (χ2n) is 9.79. The average molecular weight is 510 g/mol. The first-order valence-corrected chi connectivity index (χ1v) is 16.8. The van der Waals surface area contributed by atoms with Crippen LogP contribution in [0.4, 0.5) is 0 Å². The number of aliphatic hydroxyl groups is 1. The number of fused-ring (bicyclic) bond motifs is 3. The first-order chi connectivity index (χ1) is 16.5. The smallest absolute Gasteiger partial charge is 0.361 e. The second kappa shape index (κ2) is 9.87. The van der Waals surface area contributed by atoms with E-state index in [0.29, 0.717) is 19.0 Å². The van der Waals surface area contributed by atoms with Gasteiger partial charge in [0.05, 0.1) is 11.7 Å². The van der Waals surface area contributed by atoms with Crippen LogP contribution in [-0.2, 0) is 28.2 Å². The molecule has 3 aromatic heterocycles. The van der Waals surface area contributed by atoms with Crippen LogP contribution < -0.4 is 0 Å². The minimum Gasteiger partial charge on any atom is -0.361 e. The molecule has 0 radical (unpaired) electrons. The fourth-order valence-electron chi connectivity index (χ4n) is 3.74. The van der Waals surface area contributed by atoms with Gasteiger partial charge >= 0.3 is 10.1 Å². The molecule has 4 rings (SSSR count). The normalized spacial score (nSPS) is 12.3. The molecule has 0 bridgehead atoms. The van der Waals surface area contributed by atoms with Gasteiger partial charge in [-0.1, -0.05) is 43.9 Å². The highest BCUT2D eigenvalue weighted by atomic mass is 32.2. The molecule has 35 heavy (non-hydrogen) atoms. The van der Waals surface area contributed by atoms with E-state index in [1.54, 1.807) is 12.3 Å². The van der Waals surface area contributed by atoms with E-state index in [2.05, 4.69) is 40.9 Å². The van der Waals surface area contributed by atoms with Crippen molar-refractivity contribution in [1.29, 1.82) is 5.26 Å². The Labute approximate surface area is 206 Å². The van der Waals surface area contributed by atoms with E-state index < -0.39 is 18.2 Å².